The quantitative estimate of drug-likeness (QED) is 0.826. The minimum atomic E-state index is -1.19. The van der Waals surface area contributed by atoms with Gasteiger partial charge in [0.05, 0.1) is 10.8 Å². The number of carbonyl (C=O) groups is 1. The molecule has 0 saturated heterocycles. The lowest BCUT2D eigenvalue weighted by molar-refractivity contribution is 0.0270. The second-order valence-electron chi connectivity index (χ2n) is 7.89. The Morgan fingerprint density at radius 3 is 2.79 bits per heavy atom. The van der Waals surface area contributed by atoms with Crippen LogP contribution in [0.4, 0.5) is 4.79 Å². The van der Waals surface area contributed by atoms with Crippen LogP contribution >= 0.6 is 0 Å². The minimum Gasteiger partial charge on any atom is -0.444 e. The largest absolute Gasteiger partial charge is 0.444 e. The van der Waals surface area contributed by atoms with Crippen LogP contribution in [0.15, 0.2) is 47.1 Å². The van der Waals surface area contributed by atoms with E-state index in [-0.39, 0.29) is 6.09 Å². The van der Waals surface area contributed by atoms with Crippen molar-refractivity contribution in [2.45, 2.75) is 32.8 Å². The van der Waals surface area contributed by atoms with Crippen LogP contribution in [0.25, 0.3) is 16.5 Å². The number of aromatic nitrogens is 1. The van der Waals surface area contributed by atoms with Gasteiger partial charge in [-0.25, -0.2) is 14.0 Å². The number of ether oxygens (including phenoxy) is 1. The summed E-state index contributed by atoms with van der Waals surface area (Å²) in [7, 11) is -1.19. The molecule has 7 heteroatoms. The lowest BCUT2D eigenvalue weighted by atomic mass is 9.98. The third-order valence-corrected chi connectivity index (χ3v) is 5.79. The Labute approximate surface area is 166 Å². The first-order valence-electron chi connectivity index (χ1n) is 9.26. The highest BCUT2D eigenvalue weighted by Crippen LogP contribution is 2.31. The van der Waals surface area contributed by atoms with Crippen LogP contribution < -0.4 is 0 Å². The number of carbonyl (C=O) groups excluding carboxylic acids is 1. The summed E-state index contributed by atoms with van der Waals surface area (Å²) in [4.78, 5) is 21.5. The molecule has 0 fully saturated rings. The van der Waals surface area contributed by atoms with Crippen molar-refractivity contribution in [2.75, 3.05) is 13.1 Å². The average molecular weight is 398 g/mol. The molecule has 2 aliphatic heterocycles. The van der Waals surface area contributed by atoms with Crippen molar-refractivity contribution < 1.29 is 13.7 Å². The number of hydrogen-bond acceptors (Lipinski definition) is 4. The smallest absolute Gasteiger partial charge is 0.410 e. The van der Waals surface area contributed by atoms with Gasteiger partial charge < -0.3 is 14.6 Å². The lowest BCUT2D eigenvalue weighted by Crippen LogP contribution is -2.39. The first-order valence-corrected chi connectivity index (χ1v) is 10.5. The van der Waals surface area contributed by atoms with Gasteiger partial charge in [0.2, 0.25) is 0 Å². The van der Waals surface area contributed by atoms with Crippen molar-refractivity contribution in [1.82, 2.24) is 9.88 Å². The van der Waals surface area contributed by atoms with Crippen LogP contribution in [0.2, 0.25) is 0 Å². The summed E-state index contributed by atoms with van der Waals surface area (Å²) in [5, 5.41) is 3.25. The van der Waals surface area contributed by atoms with E-state index in [9.17, 15) is 9.00 Å². The molecule has 146 valence electrons. The van der Waals surface area contributed by atoms with Gasteiger partial charge in [-0.15, -0.1) is 0 Å². The molecule has 2 aliphatic rings. The Morgan fingerprint density at radius 2 is 2.14 bits per heavy atom. The van der Waals surface area contributed by atoms with Gasteiger partial charge in [0, 0.05) is 52.9 Å². The molecule has 0 saturated carbocycles. The molecule has 0 aliphatic carbocycles. The topological polar surface area (TPSA) is 74.8 Å². The second kappa shape index (κ2) is 7.05. The monoisotopic (exact) mass is 397 g/mol. The number of H-pyrrole nitrogens is 1. The van der Waals surface area contributed by atoms with E-state index in [1.807, 2.05) is 45.2 Å². The zero-order valence-corrected chi connectivity index (χ0v) is 17.0. The van der Waals surface area contributed by atoms with Gasteiger partial charge in [0.25, 0.3) is 0 Å². The van der Waals surface area contributed by atoms with Gasteiger partial charge in [0.1, 0.15) is 10.6 Å². The predicted molar refractivity (Wildman–Crippen MR) is 113 cm³/mol. The number of aromatic amines is 1. The molecular weight excluding hydrogens is 374 g/mol. The fraction of sp³-hybridized carbons (Fsp3) is 0.333. The Kier molecular flexibility index (Phi) is 4.71. The molecule has 1 unspecified atom stereocenters. The summed E-state index contributed by atoms with van der Waals surface area (Å²) in [5.74, 6) is 0. The molecule has 1 N–H and O–H groups in total. The molecule has 0 bridgehead atoms. The SMILES string of the molecule is CC(C)(C)OC(=O)N1CC=C(c2c[nH]c3ccc(C4=NC=CS4=O)cc23)CC1. The normalized spacial score (nSPS) is 19.7. The van der Waals surface area contributed by atoms with Gasteiger partial charge >= 0.3 is 6.09 Å². The second-order valence-corrected chi connectivity index (χ2v) is 9.14. The molecule has 1 amide bonds. The highest BCUT2D eigenvalue weighted by Gasteiger charge is 2.24. The number of hydrogen-bond donors (Lipinski definition) is 1. The Morgan fingerprint density at radius 1 is 1.32 bits per heavy atom. The fourth-order valence-corrected chi connectivity index (χ4v) is 4.21. The van der Waals surface area contributed by atoms with Crippen LogP contribution in [0.1, 0.15) is 38.3 Å². The van der Waals surface area contributed by atoms with Crippen LogP contribution in [-0.2, 0) is 15.5 Å². The molecule has 28 heavy (non-hydrogen) atoms. The van der Waals surface area contributed by atoms with Crippen LogP contribution in [0.3, 0.4) is 0 Å². The van der Waals surface area contributed by atoms with E-state index < -0.39 is 16.4 Å². The minimum absolute atomic E-state index is 0.279. The van der Waals surface area contributed by atoms with Crippen molar-refractivity contribution in [3.63, 3.8) is 0 Å². The van der Waals surface area contributed by atoms with Crippen molar-refractivity contribution in [2.24, 2.45) is 4.99 Å². The zero-order chi connectivity index (χ0) is 19.9. The lowest BCUT2D eigenvalue weighted by Gasteiger charge is -2.29. The summed E-state index contributed by atoms with van der Waals surface area (Å²) in [6, 6.07) is 5.96. The number of benzene rings is 1. The molecule has 3 heterocycles. The maximum Gasteiger partial charge on any atom is 0.410 e. The van der Waals surface area contributed by atoms with Gasteiger partial charge in [-0.05, 0) is 44.9 Å². The molecule has 1 atom stereocenters. The molecule has 2 aromatic rings. The number of rotatable bonds is 2. The van der Waals surface area contributed by atoms with Crippen LogP contribution in [-0.4, -0.2) is 43.9 Å². The Hall–Kier alpha value is -2.67. The van der Waals surface area contributed by atoms with E-state index >= 15 is 0 Å². The number of aliphatic imine (C=N–C) groups is 1. The predicted octanol–water partition coefficient (Wildman–Crippen LogP) is 4.17. The van der Waals surface area contributed by atoms with E-state index in [0.717, 1.165) is 28.5 Å². The van der Waals surface area contributed by atoms with E-state index in [0.29, 0.717) is 18.1 Å². The third kappa shape index (κ3) is 3.67. The van der Waals surface area contributed by atoms with Crippen molar-refractivity contribution in [1.29, 1.82) is 0 Å². The summed E-state index contributed by atoms with van der Waals surface area (Å²) in [6.07, 6.45) is 6.14. The van der Waals surface area contributed by atoms with Crippen molar-refractivity contribution in [3.05, 3.63) is 53.2 Å². The Balaban J connectivity index is 1.58. The average Bonchev–Trinajstić information content (AvgIpc) is 3.26. The highest BCUT2D eigenvalue weighted by atomic mass is 32.2. The van der Waals surface area contributed by atoms with E-state index in [2.05, 4.69) is 16.1 Å². The van der Waals surface area contributed by atoms with Gasteiger partial charge in [-0.3, -0.25) is 0 Å². The molecule has 4 rings (SSSR count). The summed E-state index contributed by atoms with van der Waals surface area (Å²) in [6.45, 7) is 6.76. The maximum atomic E-state index is 12.3. The molecule has 6 nitrogen and oxygen atoms in total. The highest BCUT2D eigenvalue weighted by molar-refractivity contribution is 8.04. The van der Waals surface area contributed by atoms with Crippen LogP contribution in [0.5, 0.6) is 0 Å². The number of nitrogens with one attached hydrogen (secondary N) is 1. The van der Waals surface area contributed by atoms with E-state index in [1.165, 1.54) is 5.57 Å². The summed E-state index contributed by atoms with van der Waals surface area (Å²) < 4.78 is 17.5. The van der Waals surface area contributed by atoms with Crippen molar-refractivity contribution >= 4 is 38.4 Å². The van der Waals surface area contributed by atoms with Crippen molar-refractivity contribution in [3.8, 4) is 0 Å². The maximum absolute atomic E-state index is 12.3. The molecule has 0 spiro atoms. The first kappa shape index (κ1) is 18.7. The molecule has 1 aromatic carbocycles. The van der Waals surface area contributed by atoms with Crippen LogP contribution in [0, 0.1) is 0 Å². The standard InChI is InChI=1S/C21H23N3O3S/c1-21(2,3)27-20(25)24-9-6-14(7-10-24)17-13-23-18-5-4-15(12-16(17)18)19-22-8-11-28(19)26/h4-6,8,11-13,23H,7,9-10H2,1-3H3. The Bertz CT molecular complexity index is 1060. The number of amides is 1. The van der Waals surface area contributed by atoms with Gasteiger partial charge in [-0.2, -0.15) is 0 Å². The molecular formula is C21H23N3O3S. The number of nitrogens with zero attached hydrogens (tertiary/aromatic N) is 2. The first-order chi connectivity index (χ1) is 13.3. The molecule has 1 aromatic heterocycles. The molecule has 0 radical (unpaired) electrons. The van der Waals surface area contributed by atoms with Gasteiger partial charge in [-0.1, -0.05) is 12.1 Å². The fourth-order valence-electron chi connectivity index (χ4n) is 3.39. The third-order valence-electron chi connectivity index (χ3n) is 4.70. The van der Waals surface area contributed by atoms with E-state index in [1.54, 1.807) is 16.5 Å². The summed E-state index contributed by atoms with van der Waals surface area (Å²) >= 11 is 0. The van der Waals surface area contributed by atoms with Gasteiger partial charge in [0.15, 0.2) is 0 Å². The number of fused-ring (bicyclic) bond motifs is 1. The summed E-state index contributed by atoms with van der Waals surface area (Å²) in [5.41, 5.74) is 3.69. The van der Waals surface area contributed by atoms with E-state index in [4.69, 9.17) is 4.74 Å². The zero-order valence-electron chi connectivity index (χ0n) is 16.2.